The lowest BCUT2D eigenvalue weighted by Gasteiger charge is -2.13. The molecule has 0 aliphatic heterocycles. The third-order valence-corrected chi connectivity index (χ3v) is 2.54. The van der Waals surface area contributed by atoms with Crippen molar-refractivity contribution in [2.75, 3.05) is 25.6 Å². The number of aliphatic hydroxyl groups excluding tert-OH is 1. The van der Waals surface area contributed by atoms with E-state index in [4.69, 9.17) is 16.3 Å². The van der Waals surface area contributed by atoms with Gasteiger partial charge in [0, 0.05) is 24.4 Å². The van der Waals surface area contributed by atoms with E-state index in [2.05, 4.69) is 10.6 Å². The number of halogens is 1. The maximum atomic E-state index is 11.6. The fourth-order valence-corrected chi connectivity index (χ4v) is 1.53. The molecule has 18 heavy (non-hydrogen) atoms. The van der Waals surface area contributed by atoms with Crippen molar-refractivity contribution in [3.63, 3.8) is 0 Å². The summed E-state index contributed by atoms with van der Waals surface area (Å²) < 4.78 is 4.75. The van der Waals surface area contributed by atoms with E-state index in [1.165, 1.54) is 7.11 Å². The molecule has 0 bridgehead atoms. The van der Waals surface area contributed by atoms with Crippen LogP contribution in [0.4, 0.5) is 10.5 Å². The van der Waals surface area contributed by atoms with E-state index >= 15 is 0 Å². The smallest absolute Gasteiger partial charge is 0.319 e. The number of amides is 2. The van der Waals surface area contributed by atoms with Crippen molar-refractivity contribution in [2.24, 2.45) is 0 Å². The number of methoxy groups -OCH3 is 1. The first-order valence-corrected chi connectivity index (χ1v) is 5.88. The van der Waals surface area contributed by atoms with Gasteiger partial charge in [-0.05, 0) is 24.6 Å². The van der Waals surface area contributed by atoms with Gasteiger partial charge in [0.2, 0.25) is 0 Å². The molecule has 2 amide bonds. The highest BCUT2D eigenvalue weighted by atomic mass is 35.5. The van der Waals surface area contributed by atoms with Crippen LogP contribution in [0.5, 0.6) is 0 Å². The Hall–Kier alpha value is -1.30. The molecule has 5 nitrogen and oxygen atoms in total. The number of carbonyl (C=O) groups excluding carboxylic acids is 1. The van der Waals surface area contributed by atoms with Crippen LogP contribution in [0.2, 0.25) is 5.02 Å². The van der Waals surface area contributed by atoms with Crippen molar-refractivity contribution in [1.82, 2.24) is 5.32 Å². The molecule has 1 aromatic carbocycles. The summed E-state index contributed by atoms with van der Waals surface area (Å²) in [6.45, 7) is 2.17. The number of carbonyl (C=O) groups is 1. The third kappa shape index (κ3) is 4.91. The Bertz CT molecular complexity index is 412. The summed E-state index contributed by atoms with van der Waals surface area (Å²) in [6, 6.07) is 4.85. The van der Waals surface area contributed by atoms with E-state index in [1.807, 2.05) is 13.0 Å². The SMILES string of the molecule is COCC(O)CNC(=O)Nc1cc(Cl)ccc1C. The molecule has 1 unspecified atom stereocenters. The monoisotopic (exact) mass is 272 g/mol. The zero-order chi connectivity index (χ0) is 13.5. The maximum Gasteiger partial charge on any atom is 0.319 e. The molecule has 1 aromatic rings. The molecule has 0 radical (unpaired) electrons. The summed E-state index contributed by atoms with van der Waals surface area (Å²) in [6.07, 6.45) is -0.721. The fourth-order valence-electron chi connectivity index (χ4n) is 1.36. The number of anilines is 1. The first kappa shape index (κ1) is 14.8. The van der Waals surface area contributed by atoms with Crippen LogP contribution in [0.25, 0.3) is 0 Å². The van der Waals surface area contributed by atoms with Gasteiger partial charge in [0.25, 0.3) is 0 Å². The second kappa shape index (κ2) is 7.20. The second-order valence-electron chi connectivity index (χ2n) is 3.90. The van der Waals surface area contributed by atoms with Crippen molar-refractivity contribution in [1.29, 1.82) is 0 Å². The number of rotatable bonds is 5. The molecule has 6 heteroatoms. The zero-order valence-electron chi connectivity index (χ0n) is 10.4. The molecule has 0 spiro atoms. The summed E-state index contributed by atoms with van der Waals surface area (Å²) in [5.74, 6) is 0. The first-order chi connectivity index (χ1) is 8.52. The van der Waals surface area contributed by atoms with Gasteiger partial charge in [-0.2, -0.15) is 0 Å². The molecule has 0 aromatic heterocycles. The van der Waals surface area contributed by atoms with E-state index in [0.29, 0.717) is 10.7 Å². The molecule has 0 saturated heterocycles. The number of ether oxygens (including phenoxy) is 1. The number of hydrogen-bond donors (Lipinski definition) is 3. The molecular formula is C12H17ClN2O3. The number of aryl methyl sites for hydroxylation is 1. The predicted octanol–water partition coefficient (Wildman–Crippen LogP) is 1.78. The molecule has 0 saturated carbocycles. The van der Waals surface area contributed by atoms with Crippen LogP contribution < -0.4 is 10.6 Å². The van der Waals surface area contributed by atoms with Crippen molar-refractivity contribution in [3.05, 3.63) is 28.8 Å². The van der Waals surface area contributed by atoms with Gasteiger partial charge in [0.05, 0.1) is 12.7 Å². The summed E-state index contributed by atoms with van der Waals surface area (Å²) in [7, 11) is 1.48. The van der Waals surface area contributed by atoms with Crippen LogP contribution in [0.1, 0.15) is 5.56 Å². The van der Waals surface area contributed by atoms with Gasteiger partial charge in [0.15, 0.2) is 0 Å². The Balaban J connectivity index is 2.47. The number of hydrogen-bond acceptors (Lipinski definition) is 3. The second-order valence-corrected chi connectivity index (χ2v) is 4.34. The Kier molecular flexibility index (Phi) is 5.91. The Morgan fingerprint density at radius 3 is 2.94 bits per heavy atom. The maximum absolute atomic E-state index is 11.6. The minimum Gasteiger partial charge on any atom is -0.389 e. The van der Waals surface area contributed by atoms with Crippen molar-refractivity contribution in [3.8, 4) is 0 Å². The number of benzene rings is 1. The van der Waals surface area contributed by atoms with Gasteiger partial charge in [-0.1, -0.05) is 17.7 Å². The summed E-state index contributed by atoms with van der Waals surface area (Å²) in [5.41, 5.74) is 1.55. The molecule has 0 fully saturated rings. The average molecular weight is 273 g/mol. The number of urea groups is 1. The van der Waals surface area contributed by atoms with Crippen LogP contribution in [-0.4, -0.2) is 37.5 Å². The molecule has 0 aliphatic carbocycles. The lowest BCUT2D eigenvalue weighted by Crippen LogP contribution is -2.37. The van der Waals surface area contributed by atoms with Crippen molar-refractivity contribution < 1.29 is 14.6 Å². The van der Waals surface area contributed by atoms with Gasteiger partial charge in [-0.15, -0.1) is 0 Å². The highest BCUT2D eigenvalue weighted by Gasteiger charge is 2.08. The van der Waals surface area contributed by atoms with Crippen LogP contribution in [0.3, 0.4) is 0 Å². The van der Waals surface area contributed by atoms with Gasteiger partial charge in [-0.3, -0.25) is 0 Å². The summed E-state index contributed by atoms with van der Waals surface area (Å²) in [5, 5.41) is 15.1. The quantitative estimate of drug-likeness (QED) is 0.765. The minimum atomic E-state index is -0.721. The van der Waals surface area contributed by atoms with Crippen LogP contribution in [-0.2, 0) is 4.74 Å². The van der Waals surface area contributed by atoms with Gasteiger partial charge < -0.3 is 20.5 Å². The van der Waals surface area contributed by atoms with Gasteiger partial charge in [0.1, 0.15) is 0 Å². The van der Waals surface area contributed by atoms with Crippen LogP contribution >= 0.6 is 11.6 Å². The van der Waals surface area contributed by atoms with Crippen molar-refractivity contribution in [2.45, 2.75) is 13.0 Å². The molecule has 100 valence electrons. The number of aliphatic hydroxyl groups is 1. The van der Waals surface area contributed by atoms with Crippen molar-refractivity contribution >= 4 is 23.3 Å². The molecule has 1 rings (SSSR count). The van der Waals surface area contributed by atoms with Crippen LogP contribution in [0, 0.1) is 6.92 Å². The Morgan fingerprint density at radius 1 is 1.56 bits per heavy atom. The summed E-state index contributed by atoms with van der Waals surface area (Å²) >= 11 is 5.84. The van der Waals surface area contributed by atoms with E-state index in [1.54, 1.807) is 12.1 Å². The third-order valence-electron chi connectivity index (χ3n) is 2.31. The standard InChI is InChI=1S/C12H17ClN2O3/c1-8-3-4-9(13)5-11(8)15-12(17)14-6-10(16)7-18-2/h3-5,10,16H,6-7H2,1-2H3,(H2,14,15,17). The Labute approximate surface area is 111 Å². The minimum absolute atomic E-state index is 0.124. The van der Waals surface area contributed by atoms with Gasteiger partial charge in [-0.25, -0.2) is 4.79 Å². The molecule has 0 aliphatic rings. The predicted molar refractivity (Wildman–Crippen MR) is 71.1 cm³/mol. The average Bonchev–Trinajstić information content (AvgIpc) is 2.32. The zero-order valence-corrected chi connectivity index (χ0v) is 11.1. The molecule has 3 N–H and O–H groups in total. The molecule has 0 heterocycles. The van der Waals surface area contributed by atoms with Gasteiger partial charge >= 0.3 is 6.03 Å². The lowest BCUT2D eigenvalue weighted by molar-refractivity contribution is 0.0663. The Morgan fingerprint density at radius 2 is 2.28 bits per heavy atom. The highest BCUT2D eigenvalue weighted by molar-refractivity contribution is 6.31. The fraction of sp³-hybridized carbons (Fsp3) is 0.417. The van der Waals surface area contributed by atoms with Crippen LogP contribution in [0.15, 0.2) is 18.2 Å². The normalized spacial score (nSPS) is 12.0. The largest absolute Gasteiger partial charge is 0.389 e. The van der Waals surface area contributed by atoms with E-state index in [9.17, 15) is 9.90 Å². The molecule has 1 atom stereocenters. The number of nitrogens with one attached hydrogen (secondary N) is 2. The summed E-state index contributed by atoms with van der Waals surface area (Å²) in [4.78, 5) is 11.6. The first-order valence-electron chi connectivity index (χ1n) is 5.51. The lowest BCUT2D eigenvalue weighted by atomic mass is 10.2. The van der Waals surface area contributed by atoms with E-state index in [0.717, 1.165) is 5.56 Å². The van der Waals surface area contributed by atoms with E-state index < -0.39 is 12.1 Å². The highest BCUT2D eigenvalue weighted by Crippen LogP contribution is 2.19. The molecular weight excluding hydrogens is 256 g/mol. The topological polar surface area (TPSA) is 70.6 Å². The van der Waals surface area contributed by atoms with E-state index in [-0.39, 0.29) is 13.2 Å².